The topological polar surface area (TPSA) is 96.3 Å². The number of aryl methyl sites for hydroxylation is 1. The molecule has 0 bridgehead atoms. The second-order valence-corrected chi connectivity index (χ2v) is 3.48. The van der Waals surface area contributed by atoms with Crippen LogP contribution in [0, 0.1) is 12.3 Å². The molecule has 96 valence electrons. The molecule has 0 radical (unpaired) electrons. The van der Waals surface area contributed by atoms with E-state index in [9.17, 15) is 9.59 Å². The maximum absolute atomic E-state index is 11.5. The molecule has 7 heteroatoms. The van der Waals surface area contributed by atoms with Crippen molar-refractivity contribution in [2.24, 2.45) is 0 Å². The van der Waals surface area contributed by atoms with Gasteiger partial charge in [0, 0.05) is 19.2 Å². The number of anilines is 1. The first-order valence-electron chi connectivity index (χ1n) is 5.33. The Labute approximate surface area is 104 Å². The van der Waals surface area contributed by atoms with Crippen LogP contribution < -0.4 is 10.6 Å². The third-order valence-corrected chi connectivity index (χ3v) is 2.14. The van der Waals surface area contributed by atoms with Crippen molar-refractivity contribution in [1.29, 1.82) is 0 Å². The lowest BCUT2D eigenvalue weighted by molar-refractivity contribution is -0.139. The van der Waals surface area contributed by atoms with Crippen LogP contribution in [-0.2, 0) is 11.3 Å². The SMILES string of the molecule is C#CCC(NC(=O)Nc1cnn(CC)c1)C(=O)O. The summed E-state index contributed by atoms with van der Waals surface area (Å²) >= 11 is 0. The molecule has 7 nitrogen and oxygen atoms in total. The van der Waals surface area contributed by atoms with E-state index in [0.717, 1.165) is 0 Å². The van der Waals surface area contributed by atoms with E-state index in [1.165, 1.54) is 6.20 Å². The largest absolute Gasteiger partial charge is 0.480 e. The van der Waals surface area contributed by atoms with Crippen molar-refractivity contribution >= 4 is 17.7 Å². The number of carbonyl (C=O) groups is 2. The lowest BCUT2D eigenvalue weighted by Gasteiger charge is -2.11. The Bertz CT molecular complexity index is 475. The zero-order valence-corrected chi connectivity index (χ0v) is 9.88. The fraction of sp³-hybridized carbons (Fsp3) is 0.364. The number of aliphatic carboxylic acids is 1. The second-order valence-electron chi connectivity index (χ2n) is 3.48. The van der Waals surface area contributed by atoms with Gasteiger partial charge in [-0.15, -0.1) is 12.3 Å². The van der Waals surface area contributed by atoms with Gasteiger partial charge in [0.05, 0.1) is 11.9 Å². The van der Waals surface area contributed by atoms with Crippen molar-refractivity contribution in [3.63, 3.8) is 0 Å². The molecule has 1 heterocycles. The standard InChI is InChI=1S/C11H14N4O3/c1-3-5-9(10(16)17)14-11(18)13-8-6-12-15(4-2)7-8/h1,6-7,9H,4-5H2,2H3,(H,16,17)(H2,13,14,18). The van der Waals surface area contributed by atoms with Gasteiger partial charge in [-0.1, -0.05) is 0 Å². The lowest BCUT2D eigenvalue weighted by atomic mass is 10.2. The van der Waals surface area contributed by atoms with Gasteiger partial charge < -0.3 is 15.7 Å². The molecule has 3 N–H and O–H groups in total. The Hall–Kier alpha value is -2.49. The summed E-state index contributed by atoms with van der Waals surface area (Å²) < 4.78 is 1.63. The molecular weight excluding hydrogens is 236 g/mol. The molecule has 1 atom stereocenters. The number of carboxylic acids is 1. The monoisotopic (exact) mass is 250 g/mol. The van der Waals surface area contributed by atoms with E-state index >= 15 is 0 Å². The summed E-state index contributed by atoms with van der Waals surface area (Å²) in [6, 6.07) is -1.73. The number of hydrogen-bond acceptors (Lipinski definition) is 3. The van der Waals surface area contributed by atoms with E-state index in [-0.39, 0.29) is 6.42 Å². The molecule has 1 aromatic heterocycles. The number of rotatable bonds is 5. The summed E-state index contributed by atoms with van der Waals surface area (Å²) in [6.07, 6.45) is 8.05. The maximum Gasteiger partial charge on any atom is 0.327 e. The third-order valence-electron chi connectivity index (χ3n) is 2.14. The van der Waals surface area contributed by atoms with Crippen LogP contribution in [0.25, 0.3) is 0 Å². The van der Waals surface area contributed by atoms with Crippen LogP contribution in [0.3, 0.4) is 0 Å². The number of nitrogens with one attached hydrogen (secondary N) is 2. The molecule has 2 amide bonds. The maximum atomic E-state index is 11.5. The summed E-state index contributed by atoms with van der Waals surface area (Å²) in [4.78, 5) is 22.3. The zero-order valence-electron chi connectivity index (χ0n) is 9.88. The van der Waals surface area contributed by atoms with Crippen LogP contribution in [0.1, 0.15) is 13.3 Å². The molecule has 18 heavy (non-hydrogen) atoms. The average Bonchev–Trinajstić information content (AvgIpc) is 2.76. The van der Waals surface area contributed by atoms with Gasteiger partial charge in [-0.25, -0.2) is 9.59 Å². The molecule has 0 saturated carbocycles. The minimum absolute atomic E-state index is 0.0724. The Balaban J connectivity index is 2.55. The molecular formula is C11H14N4O3. The highest BCUT2D eigenvalue weighted by Crippen LogP contribution is 2.04. The van der Waals surface area contributed by atoms with E-state index in [1.54, 1.807) is 10.9 Å². The molecule has 0 aliphatic carbocycles. The Kier molecular flexibility index (Phi) is 4.75. The van der Waals surface area contributed by atoms with Gasteiger partial charge in [0.25, 0.3) is 0 Å². The quantitative estimate of drug-likeness (QED) is 0.663. The molecule has 0 fully saturated rings. The minimum Gasteiger partial charge on any atom is -0.480 e. The summed E-state index contributed by atoms with van der Waals surface area (Å²) in [5.41, 5.74) is 0.485. The Morgan fingerprint density at radius 1 is 1.67 bits per heavy atom. The predicted octanol–water partition coefficient (Wildman–Crippen LogP) is 0.501. The van der Waals surface area contributed by atoms with E-state index < -0.39 is 18.0 Å². The van der Waals surface area contributed by atoms with Crippen LogP contribution in [0.5, 0.6) is 0 Å². The van der Waals surface area contributed by atoms with Gasteiger partial charge >= 0.3 is 12.0 Å². The van der Waals surface area contributed by atoms with E-state index in [1.807, 2.05) is 6.92 Å². The molecule has 1 aromatic rings. The van der Waals surface area contributed by atoms with E-state index in [2.05, 4.69) is 21.7 Å². The smallest absolute Gasteiger partial charge is 0.327 e. The first-order valence-corrected chi connectivity index (χ1v) is 5.33. The van der Waals surface area contributed by atoms with Crippen LogP contribution in [0.2, 0.25) is 0 Å². The number of carbonyl (C=O) groups excluding carboxylic acids is 1. The third kappa shape index (κ3) is 3.83. The number of amides is 2. The van der Waals surface area contributed by atoms with Crippen molar-refractivity contribution in [2.45, 2.75) is 25.9 Å². The molecule has 0 spiro atoms. The van der Waals surface area contributed by atoms with Crippen molar-refractivity contribution < 1.29 is 14.7 Å². The number of hydrogen-bond donors (Lipinski definition) is 3. The number of urea groups is 1. The average molecular weight is 250 g/mol. The lowest BCUT2D eigenvalue weighted by Crippen LogP contribution is -2.42. The van der Waals surface area contributed by atoms with Crippen molar-refractivity contribution in [3.05, 3.63) is 12.4 Å². The van der Waals surface area contributed by atoms with Gasteiger partial charge in [0.15, 0.2) is 0 Å². The first-order chi connectivity index (χ1) is 8.56. The number of aromatic nitrogens is 2. The van der Waals surface area contributed by atoms with Crippen molar-refractivity contribution in [3.8, 4) is 12.3 Å². The second kappa shape index (κ2) is 6.30. The summed E-state index contributed by atoms with van der Waals surface area (Å²) in [5, 5.41) is 17.5. The molecule has 1 rings (SSSR count). The predicted molar refractivity (Wildman–Crippen MR) is 64.9 cm³/mol. The zero-order chi connectivity index (χ0) is 13.5. The minimum atomic E-state index is -1.17. The first kappa shape index (κ1) is 13.6. The fourth-order valence-electron chi connectivity index (χ4n) is 1.24. The highest BCUT2D eigenvalue weighted by molar-refractivity contribution is 5.92. The van der Waals surface area contributed by atoms with E-state index in [4.69, 9.17) is 11.5 Å². The number of terminal acetylenes is 1. The number of nitrogens with zero attached hydrogens (tertiary/aromatic N) is 2. The Morgan fingerprint density at radius 2 is 2.39 bits per heavy atom. The highest BCUT2D eigenvalue weighted by Gasteiger charge is 2.18. The molecule has 0 aromatic carbocycles. The van der Waals surface area contributed by atoms with Gasteiger partial charge in [0.2, 0.25) is 0 Å². The molecule has 0 aliphatic rings. The summed E-state index contributed by atoms with van der Waals surface area (Å²) in [6.45, 7) is 2.59. The fourth-order valence-corrected chi connectivity index (χ4v) is 1.24. The van der Waals surface area contributed by atoms with E-state index in [0.29, 0.717) is 12.2 Å². The molecule has 0 saturated heterocycles. The van der Waals surface area contributed by atoms with Crippen molar-refractivity contribution in [1.82, 2.24) is 15.1 Å². The normalized spacial score (nSPS) is 11.3. The van der Waals surface area contributed by atoms with Gasteiger partial charge in [0.1, 0.15) is 6.04 Å². The number of carboxylic acid groups (broad SMARTS) is 1. The molecule has 1 unspecified atom stereocenters. The van der Waals surface area contributed by atoms with Crippen LogP contribution in [-0.4, -0.2) is 32.9 Å². The van der Waals surface area contributed by atoms with Crippen LogP contribution in [0.15, 0.2) is 12.4 Å². The van der Waals surface area contributed by atoms with Crippen LogP contribution in [0.4, 0.5) is 10.5 Å². The van der Waals surface area contributed by atoms with Gasteiger partial charge in [-0.05, 0) is 6.92 Å². The Morgan fingerprint density at radius 3 is 2.89 bits per heavy atom. The molecule has 0 aliphatic heterocycles. The summed E-state index contributed by atoms with van der Waals surface area (Å²) in [7, 11) is 0. The van der Waals surface area contributed by atoms with Gasteiger partial charge in [-0.2, -0.15) is 5.10 Å². The summed E-state index contributed by atoms with van der Waals surface area (Å²) in [5.74, 6) is 1.02. The van der Waals surface area contributed by atoms with Crippen molar-refractivity contribution in [2.75, 3.05) is 5.32 Å². The highest BCUT2D eigenvalue weighted by atomic mass is 16.4. The van der Waals surface area contributed by atoms with Gasteiger partial charge in [-0.3, -0.25) is 4.68 Å². The van der Waals surface area contributed by atoms with Crippen LogP contribution >= 0.6 is 0 Å².